The first-order chi connectivity index (χ1) is 20.8. The number of nitrogen functional groups attached to an aromatic ring is 1. The number of likely N-dealkylation sites (N-methyl/N-ethyl adjacent to an activating group) is 1. The Morgan fingerprint density at radius 1 is 1.16 bits per heavy atom. The summed E-state index contributed by atoms with van der Waals surface area (Å²) in [6, 6.07) is 11.5. The molecular weight excluding hydrogens is 547 g/mol. The van der Waals surface area contributed by atoms with E-state index in [0.717, 1.165) is 23.4 Å². The van der Waals surface area contributed by atoms with Crippen LogP contribution in [0.1, 0.15) is 5.69 Å². The van der Waals surface area contributed by atoms with E-state index in [4.69, 9.17) is 15.2 Å². The highest BCUT2D eigenvalue weighted by atomic mass is 19.1. The number of methoxy groups -OCH3 is 1. The van der Waals surface area contributed by atoms with E-state index in [2.05, 4.69) is 21.8 Å². The maximum absolute atomic E-state index is 14.2. The quantitative estimate of drug-likeness (QED) is 0.257. The lowest BCUT2D eigenvalue weighted by Crippen LogP contribution is -2.30. The fourth-order valence-corrected chi connectivity index (χ4v) is 5.82. The van der Waals surface area contributed by atoms with E-state index >= 15 is 0 Å². The number of aromatic nitrogens is 3. The van der Waals surface area contributed by atoms with Gasteiger partial charge in [0.25, 0.3) is 0 Å². The van der Waals surface area contributed by atoms with Gasteiger partial charge in [0.2, 0.25) is 5.91 Å². The van der Waals surface area contributed by atoms with Crippen LogP contribution in [0.15, 0.2) is 60.9 Å². The van der Waals surface area contributed by atoms with E-state index in [9.17, 15) is 9.18 Å². The van der Waals surface area contributed by atoms with Gasteiger partial charge >= 0.3 is 0 Å². The molecule has 2 aromatic heterocycles. The Kier molecular flexibility index (Phi) is 7.50. The number of nitrogens with zero attached hydrogens (tertiary/aromatic N) is 5. The zero-order valence-corrected chi connectivity index (χ0v) is 24.5. The number of ether oxygens (including phenoxy) is 2. The molecule has 0 unspecified atom stereocenters. The zero-order chi connectivity index (χ0) is 30.2. The molecule has 9 nitrogen and oxygen atoms in total. The van der Waals surface area contributed by atoms with Gasteiger partial charge in [0, 0.05) is 55.9 Å². The Morgan fingerprint density at radius 3 is 2.65 bits per heavy atom. The number of amides is 1. The third kappa shape index (κ3) is 5.40. The fraction of sp³-hybridized carbons (Fsp3) is 0.303. The first-order valence-corrected chi connectivity index (χ1v) is 14.1. The van der Waals surface area contributed by atoms with Crippen LogP contribution in [0, 0.1) is 35.4 Å². The molecular formula is C33H33FN6O3. The summed E-state index contributed by atoms with van der Waals surface area (Å²) in [6.07, 6.45) is 5.00. The lowest BCUT2D eigenvalue weighted by Gasteiger charge is -2.17. The van der Waals surface area contributed by atoms with Crippen LogP contribution in [0.4, 0.5) is 10.2 Å². The minimum absolute atomic E-state index is 0.0558. The second kappa shape index (κ2) is 11.4. The van der Waals surface area contributed by atoms with Crippen molar-refractivity contribution in [2.75, 3.05) is 46.6 Å². The van der Waals surface area contributed by atoms with E-state index in [0.29, 0.717) is 53.3 Å². The number of carbonyl (C=O) groups excluding carboxylic acids is 1. The summed E-state index contributed by atoms with van der Waals surface area (Å²) < 4.78 is 27.7. The van der Waals surface area contributed by atoms with Crippen molar-refractivity contribution < 1.29 is 18.7 Å². The van der Waals surface area contributed by atoms with Crippen LogP contribution in [0.3, 0.4) is 0 Å². The highest BCUT2D eigenvalue weighted by Gasteiger charge is 2.55. The van der Waals surface area contributed by atoms with Crippen molar-refractivity contribution in [3.8, 4) is 40.2 Å². The largest absolute Gasteiger partial charge is 0.496 e. The minimum atomic E-state index is -0.458. The molecule has 43 heavy (non-hydrogen) atoms. The lowest BCUT2D eigenvalue weighted by atomic mass is 10.0. The highest BCUT2D eigenvalue weighted by Crippen LogP contribution is 2.51. The van der Waals surface area contributed by atoms with Crippen LogP contribution in [-0.2, 0) is 11.8 Å². The number of halogens is 1. The summed E-state index contributed by atoms with van der Waals surface area (Å²) in [7, 11) is 7.41. The van der Waals surface area contributed by atoms with Crippen molar-refractivity contribution in [3.05, 3.63) is 72.5 Å². The monoisotopic (exact) mass is 580 g/mol. The fourth-order valence-electron chi connectivity index (χ4n) is 5.82. The smallest absolute Gasteiger partial charge is 0.246 e. The first kappa shape index (κ1) is 28.2. The molecule has 2 fully saturated rings. The maximum Gasteiger partial charge on any atom is 0.246 e. The molecule has 1 aliphatic heterocycles. The van der Waals surface area contributed by atoms with Crippen LogP contribution in [0.2, 0.25) is 0 Å². The molecule has 2 N–H and O–H groups in total. The molecule has 3 atom stereocenters. The van der Waals surface area contributed by atoms with E-state index in [1.165, 1.54) is 12.4 Å². The molecule has 3 heterocycles. The van der Waals surface area contributed by atoms with Crippen molar-refractivity contribution in [3.63, 3.8) is 0 Å². The number of rotatable bonds is 7. The third-order valence-corrected chi connectivity index (χ3v) is 8.10. The van der Waals surface area contributed by atoms with Crippen LogP contribution < -0.4 is 15.2 Å². The second-order valence-corrected chi connectivity index (χ2v) is 11.2. The summed E-state index contributed by atoms with van der Waals surface area (Å²) in [5.41, 5.74) is 9.26. The molecule has 4 aromatic rings. The van der Waals surface area contributed by atoms with E-state index in [1.807, 2.05) is 47.7 Å². The summed E-state index contributed by atoms with van der Waals surface area (Å²) >= 11 is 0. The molecule has 1 amide bonds. The zero-order valence-electron chi connectivity index (χ0n) is 24.5. The molecule has 10 heteroatoms. The van der Waals surface area contributed by atoms with Crippen LogP contribution in [-0.4, -0.2) is 71.1 Å². The molecule has 1 saturated heterocycles. The van der Waals surface area contributed by atoms with E-state index in [-0.39, 0.29) is 17.6 Å². The number of benzene rings is 2. The normalized spacial score (nSPS) is 19.0. The van der Waals surface area contributed by atoms with Gasteiger partial charge < -0.3 is 29.6 Å². The summed E-state index contributed by atoms with van der Waals surface area (Å²) in [5, 5.41) is 0.674. The number of para-hydroxylation sites is 1. The number of nitrogens with two attached hydrogens (primary N) is 1. The molecule has 1 aliphatic carbocycles. The van der Waals surface area contributed by atoms with Crippen LogP contribution in [0.5, 0.6) is 17.2 Å². The van der Waals surface area contributed by atoms with Gasteiger partial charge in [-0.2, -0.15) is 0 Å². The Bertz CT molecular complexity index is 1790. The van der Waals surface area contributed by atoms with Crippen LogP contribution in [0.25, 0.3) is 22.2 Å². The number of anilines is 1. The third-order valence-electron chi connectivity index (χ3n) is 8.10. The number of piperidine rings is 1. The van der Waals surface area contributed by atoms with Gasteiger partial charge in [0.1, 0.15) is 35.0 Å². The Balaban J connectivity index is 1.30. The number of fused-ring (bicyclic) bond motifs is 2. The molecule has 6 rings (SSSR count). The lowest BCUT2D eigenvalue weighted by molar-refractivity contribution is -0.125. The van der Waals surface area contributed by atoms with Crippen molar-refractivity contribution in [2.45, 2.75) is 0 Å². The van der Waals surface area contributed by atoms with Gasteiger partial charge in [-0.15, -0.1) is 0 Å². The maximum atomic E-state index is 14.2. The van der Waals surface area contributed by atoms with Crippen LogP contribution >= 0.6 is 0 Å². The Labute approximate surface area is 249 Å². The minimum Gasteiger partial charge on any atom is -0.496 e. The molecule has 0 bridgehead atoms. The summed E-state index contributed by atoms with van der Waals surface area (Å²) in [4.78, 5) is 25.2. The Morgan fingerprint density at radius 2 is 1.93 bits per heavy atom. The summed E-state index contributed by atoms with van der Waals surface area (Å²) in [5.74, 6) is 8.82. The number of hydrogen-bond donors (Lipinski definition) is 1. The topological polar surface area (TPSA) is 98.7 Å². The van der Waals surface area contributed by atoms with Gasteiger partial charge in [-0.1, -0.05) is 24.1 Å². The van der Waals surface area contributed by atoms with Gasteiger partial charge in [-0.3, -0.25) is 4.79 Å². The SMILES string of the molecule is COc1cc(Oc2ccccc2F)ccc1-c1c(C#C[C@@H]2[C@H]3CN(C(=O)/C=C/CN(C)C)C[C@@H]23)n(C)c2ncnc(N)c12. The van der Waals surface area contributed by atoms with Crippen molar-refractivity contribution in [1.82, 2.24) is 24.3 Å². The molecule has 220 valence electrons. The van der Waals surface area contributed by atoms with E-state index in [1.54, 1.807) is 43.5 Å². The Hall–Kier alpha value is -4.88. The van der Waals surface area contributed by atoms with Crippen molar-refractivity contribution in [2.24, 2.45) is 24.8 Å². The number of hydrogen-bond acceptors (Lipinski definition) is 7. The van der Waals surface area contributed by atoms with Gasteiger partial charge in [0.05, 0.1) is 12.5 Å². The van der Waals surface area contributed by atoms with Crippen molar-refractivity contribution >= 4 is 22.8 Å². The predicted molar refractivity (Wildman–Crippen MR) is 163 cm³/mol. The first-order valence-electron chi connectivity index (χ1n) is 14.1. The highest BCUT2D eigenvalue weighted by molar-refractivity contribution is 6.04. The number of aryl methyl sites for hydroxylation is 1. The summed E-state index contributed by atoms with van der Waals surface area (Å²) in [6.45, 7) is 2.16. The average Bonchev–Trinajstić information content (AvgIpc) is 3.29. The molecule has 0 spiro atoms. The van der Waals surface area contributed by atoms with Gasteiger partial charge in [0.15, 0.2) is 11.6 Å². The average molecular weight is 581 g/mol. The standard InChI is InChI=1S/C33H33FN6O3/c1-38(2)15-7-10-29(41)40-17-23-21(24(23)18-40)13-14-26-30(31-32(35)36-19-37-33(31)39(26)3)22-12-11-20(16-28(22)42-4)43-27-9-6-5-8-25(27)34/h5-12,16,19,21,23-24H,15,17-18H2,1-4H3,(H2,35,36,37)/b10-7+/t21-,23-,24+. The van der Waals surface area contributed by atoms with Gasteiger partial charge in [-0.25, -0.2) is 14.4 Å². The molecule has 0 radical (unpaired) electrons. The predicted octanol–water partition coefficient (Wildman–Crippen LogP) is 4.33. The molecule has 1 saturated carbocycles. The molecule has 2 aliphatic rings. The van der Waals surface area contributed by atoms with Crippen molar-refractivity contribution in [1.29, 1.82) is 0 Å². The number of likely N-dealkylation sites (tertiary alicyclic amines) is 1. The van der Waals surface area contributed by atoms with E-state index < -0.39 is 5.82 Å². The number of carbonyl (C=O) groups is 1. The molecule has 2 aromatic carbocycles. The van der Waals surface area contributed by atoms with Gasteiger partial charge in [-0.05, 0) is 56.1 Å². The second-order valence-electron chi connectivity index (χ2n) is 11.2.